The standard InChI is InChI=1S/C18H16FN3O2S/c1-24-14-6-7-15-16(8-14)25-18(21-15)22-9-11(10-22)17(23)20-13-4-2-12(19)3-5-13/h2-8,11H,9-10H2,1H3,(H,20,23). The van der Waals surface area contributed by atoms with Gasteiger partial charge in [-0.15, -0.1) is 0 Å². The Labute approximate surface area is 148 Å². The molecule has 0 atom stereocenters. The van der Waals surface area contributed by atoms with E-state index in [1.807, 2.05) is 18.2 Å². The number of fused-ring (bicyclic) bond motifs is 1. The van der Waals surface area contributed by atoms with E-state index in [0.717, 1.165) is 21.1 Å². The number of halogens is 1. The van der Waals surface area contributed by atoms with Gasteiger partial charge in [-0.25, -0.2) is 9.37 Å². The van der Waals surface area contributed by atoms with Crippen LogP contribution in [0.4, 0.5) is 15.2 Å². The second-order valence-electron chi connectivity index (χ2n) is 5.93. The van der Waals surface area contributed by atoms with Crippen molar-refractivity contribution in [2.45, 2.75) is 0 Å². The maximum atomic E-state index is 12.9. The van der Waals surface area contributed by atoms with Crippen molar-refractivity contribution in [2.75, 3.05) is 30.4 Å². The minimum Gasteiger partial charge on any atom is -0.497 e. The van der Waals surface area contributed by atoms with Crippen LogP contribution in [0.15, 0.2) is 42.5 Å². The number of hydrogen-bond donors (Lipinski definition) is 1. The summed E-state index contributed by atoms with van der Waals surface area (Å²) < 4.78 is 19.2. The predicted octanol–water partition coefficient (Wildman–Crippen LogP) is 3.52. The fourth-order valence-electron chi connectivity index (χ4n) is 2.73. The molecule has 7 heteroatoms. The van der Waals surface area contributed by atoms with E-state index in [1.165, 1.54) is 12.1 Å². The smallest absolute Gasteiger partial charge is 0.231 e. The molecule has 0 bridgehead atoms. The van der Waals surface area contributed by atoms with Crippen LogP contribution in [0, 0.1) is 11.7 Å². The van der Waals surface area contributed by atoms with Crippen LogP contribution in [-0.4, -0.2) is 31.1 Å². The van der Waals surface area contributed by atoms with Gasteiger partial charge in [0, 0.05) is 18.8 Å². The van der Waals surface area contributed by atoms with E-state index < -0.39 is 0 Å². The molecule has 1 amide bonds. The normalized spacial score (nSPS) is 14.4. The van der Waals surface area contributed by atoms with E-state index in [2.05, 4.69) is 15.2 Å². The lowest BCUT2D eigenvalue weighted by atomic mass is 10.00. The van der Waals surface area contributed by atoms with Crippen LogP contribution in [-0.2, 0) is 4.79 Å². The summed E-state index contributed by atoms with van der Waals surface area (Å²) in [5, 5.41) is 3.73. The summed E-state index contributed by atoms with van der Waals surface area (Å²) in [5.74, 6) is 0.348. The largest absolute Gasteiger partial charge is 0.497 e. The van der Waals surface area contributed by atoms with Crippen molar-refractivity contribution in [3.05, 3.63) is 48.3 Å². The molecular weight excluding hydrogens is 341 g/mol. The highest BCUT2D eigenvalue weighted by Gasteiger charge is 2.34. The van der Waals surface area contributed by atoms with Crippen molar-refractivity contribution in [1.82, 2.24) is 4.98 Å². The van der Waals surface area contributed by atoms with Crippen LogP contribution in [0.1, 0.15) is 0 Å². The SMILES string of the molecule is COc1ccc2nc(N3CC(C(=O)Nc4ccc(F)cc4)C3)sc2c1. The number of anilines is 2. The maximum Gasteiger partial charge on any atom is 0.231 e. The summed E-state index contributed by atoms with van der Waals surface area (Å²) in [6, 6.07) is 11.6. The number of aromatic nitrogens is 1. The van der Waals surface area contributed by atoms with Gasteiger partial charge in [0.25, 0.3) is 0 Å². The van der Waals surface area contributed by atoms with Crippen molar-refractivity contribution in [2.24, 2.45) is 5.92 Å². The number of nitrogens with one attached hydrogen (secondary N) is 1. The number of thiazole rings is 1. The highest BCUT2D eigenvalue weighted by Crippen LogP contribution is 2.34. The number of amides is 1. The molecule has 0 radical (unpaired) electrons. The van der Waals surface area contributed by atoms with Gasteiger partial charge in [-0.05, 0) is 42.5 Å². The Balaban J connectivity index is 1.39. The van der Waals surface area contributed by atoms with Gasteiger partial charge in [-0.2, -0.15) is 0 Å². The number of methoxy groups -OCH3 is 1. The van der Waals surface area contributed by atoms with E-state index in [-0.39, 0.29) is 17.6 Å². The van der Waals surface area contributed by atoms with E-state index >= 15 is 0 Å². The van der Waals surface area contributed by atoms with Gasteiger partial charge in [-0.3, -0.25) is 4.79 Å². The first-order valence-electron chi connectivity index (χ1n) is 7.88. The molecule has 0 unspecified atom stereocenters. The van der Waals surface area contributed by atoms with E-state index in [1.54, 1.807) is 30.6 Å². The van der Waals surface area contributed by atoms with Crippen LogP contribution in [0.25, 0.3) is 10.2 Å². The summed E-state index contributed by atoms with van der Waals surface area (Å²) in [4.78, 5) is 18.9. The number of nitrogens with zero attached hydrogens (tertiary/aromatic N) is 2. The molecule has 1 aliphatic rings. The van der Waals surface area contributed by atoms with Gasteiger partial charge in [-0.1, -0.05) is 11.3 Å². The van der Waals surface area contributed by atoms with E-state index in [4.69, 9.17) is 4.74 Å². The molecular formula is C18H16FN3O2S. The minimum absolute atomic E-state index is 0.0503. The molecule has 0 spiro atoms. The molecule has 25 heavy (non-hydrogen) atoms. The van der Waals surface area contributed by atoms with Gasteiger partial charge in [0.2, 0.25) is 5.91 Å². The Kier molecular flexibility index (Phi) is 4.01. The second-order valence-corrected chi connectivity index (χ2v) is 6.94. The van der Waals surface area contributed by atoms with Crippen LogP contribution >= 0.6 is 11.3 Å². The first kappa shape index (κ1) is 15.8. The topological polar surface area (TPSA) is 54.5 Å². The monoisotopic (exact) mass is 357 g/mol. The zero-order valence-corrected chi connectivity index (χ0v) is 14.3. The summed E-state index contributed by atoms with van der Waals surface area (Å²) in [7, 11) is 1.64. The minimum atomic E-state index is -0.319. The lowest BCUT2D eigenvalue weighted by Gasteiger charge is -2.37. The molecule has 1 N–H and O–H groups in total. The number of carbonyl (C=O) groups is 1. The lowest BCUT2D eigenvalue weighted by molar-refractivity contribution is -0.120. The Bertz CT molecular complexity index is 920. The Hall–Kier alpha value is -2.67. The summed E-state index contributed by atoms with van der Waals surface area (Å²) in [5.41, 5.74) is 1.54. The second kappa shape index (κ2) is 6.33. The Morgan fingerprint density at radius 1 is 1.28 bits per heavy atom. The number of hydrogen-bond acceptors (Lipinski definition) is 5. The first-order valence-corrected chi connectivity index (χ1v) is 8.70. The average Bonchev–Trinajstić information content (AvgIpc) is 2.98. The van der Waals surface area contributed by atoms with Crippen LogP contribution in [0.2, 0.25) is 0 Å². The molecule has 1 aromatic heterocycles. The first-order chi connectivity index (χ1) is 12.1. The average molecular weight is 357 g/mol. The summed E-state index contributed by atoms with van der Waals surface area (Å²) in [6.45, 7) is 1.26. The van der Waals surface area contributed by atoms with Crippen LogP contribution < -0.4 is 15.0 Å². The van der Waals surface area contributed by atoms with Crippen molar-refractivity contribution in [3.63, 3.8) is 0 Å². The van der Waals surface area contributed by atoms with Gasteiger partial charge in [0.15, 0.2) is 5.13 Å². The van der Waals surface area contributed by atoms with Crippen molar-refractivity contribution >= 4 is 38.3 Å². The molecule has 5 nitrogen and oxygen atoms in total. The predicted molar refractivity (Wildman–Crippen MR) is 96.9 cm³/mol. The zero-order chi connectivity index (χ0) is 17.4. The Morgan fingerprint density at radius 3 is 2.76 bits per heavy atom. The summed E-state index contributed by atoms with van der Waals surface area (Å²) >= 11 is 1.59. The fraction of sp³-hybridized carbons (Fsp3) is 0.222. The molecule has 4 rings (SSSR count). The molecule has 1 saturated heterocycles. The molecule has 3 aromatic rings. The quantitative estimate of drug-likeness (QED) is 0.776. The van der Waals surface area contributed by atoms with Crippen LogP contribution in [0.3, 0.4) is 0 Å². The van der Waals surface area contributed by atoms with Crippen molar-refractivity contribution < 1.29 is 13.9 Å². The molecule has 1 fully saturated rings. The lowest BCUT2D eigenvalue weighted by Crippen LogP contribution is -2.52. The Morgan fingerprint density at radius 2 is 2.04 bits per heavy atom. The number of carbonyl (C=O) groups excluding carboxylic acids is 1. The third-order valence-electron chi connectivity index (χ3n) is 4.22. The number of benzene rings is 2. The maximum absolute atomic E-state index is 12.9. The third kappa shape index (κ3) is 3.15. The van der Waals surface area contributed by atoms with Crippen molar-refractivity contribution in [3.8, 4) is 5.75 Å². The van der Waals surface area contributed by atoms with Gasteiger partial charge in [0.05, 0.1) is 23.2 Å². The number of rotatable bonds is 4. The van der Waals surface area contributed by atoms with Crippen LogP contribution in [0.5, 0.6) is 5.75 Å². The van der Waals surface area contributed by atoms with E-state index in [9.17, 15) is 9.18 Å². The molecule has 128 valence electrons. The fourth-order valence-corrected chi connectivity index (χ4v) is 3.75. The molecule has 0 saturated carbocycles. The zero-order valence-electron chi connectivity index (χ0n) is 13.5. The van der Waals surface area contributed by atoms with Gasteiger partial charge < -0.3 is 15.0 Å². The molecule has 0 aliphatic carbocycles. The van der Waals surface area contributed by atoms with E-state index in [0.29, 0.717) is 18.8 Å². The van der Waals surface area contributed by atoms with Gasteiger partial charge >= 0.3 is 0 Å². The summed E-state index contributed by atoms with van der Waals surface area (Å²) in [6.07, 6.45) is 0. The molecule has 1 aliphatic heterocycles. The van der Waals surface area contributed by atoms with Crippen molar-refractivity contribution in [1.29, 1.82) is 0 Å². The molecule has 2 heterocycles. The number of ether oxygens (including phenoxy) is 1. The molecule has 2 aromatic carbocycles. The highest BCUT2D eigenvalue weighted by atomic mass is 32.1. The van der Waals surface area contributed by atoms with Gasteiger partial charge in [0.1, 0.15) is 11.6 Å². The third-order valence-corrected chi connectivity index (χ3v) is 5.30. The highest BCUT2D eigenvalue weighted by molar-refractivity contribution is 7.22.